The quantitative estimate of drug-likeness (QED) is 0.875. The molecule has 1 aromatic carbocycles. The van der Waals surface area contributed by atoms with Crippen molar-refractivity contribution in [2.75, 3.05) is 12.4 Å². The number of methoxy groups -OCH3 is 1. The number of anilines is 2. The highest BCUT2D eigenvalue weighted by Gasteiger charge is 2.02. The predicted octanol–water partition coefficient (Wildman–Crippen LogP) is 2.79. The highest BCUT2D eigenvalue weighted by molar-refractivity contribution is 5.63. The third-order valence-electron chi connectivity index (χ3n) is 2.44. The zero-order valence-corrected chi connectivity index (χ0v) is 9.97. The molecule has 0 spiro atoms. The molecule has 17 heavy (non-hydrogen) atoms. The topological polar surface area (TPSA) is 47.0 Å². The van der Waals surface area contributed by atoms with Gasteiger partial charge in [0.25, 0.3) is 0 Å². The number of aromatic nitrogens is 2. The zero-order chi connectivity index (χ0) is 12.1. The van der Waals surface area contributed by atoms with Gasteiger partial charge in [0.2, 0.25) is 0 Å². The van der Waals surface area contributed by atoms with E-state index < -0.39 is 0 Å². The summed E-state index contributed by atoms with van der Waals surface area (Å²) in [5.74, 6) is 1.50. The highest BCUT2D eigenvalue weighted by atomic mass is 16.5. The molecule has 0 aliphatic heterocycles. The third-order valence-corrected chi connectivity index (χ3v) is 2.44. The van der Waals surface area contributed by atoms with Crippen LogP contribution in [0.5, 0.6) is 5.75 Å². The second-order valence-corrected chi connectivity index (χ2v) is 3.57. The van der Waals surface area contributed by atoms with Crippen molar-refractivity contribution in [1.82, 2.24) is 9.97 Å². The smallest absolute Gasteiger partial charge is 0.148 e. The molecule has 0 amide bonds. The molecular formula is C13H15N3O. The van der Waals surface area contributed by atoms with Gasteiger partial charge >= 0.3 is 0 Å². The molecule has 0 radical (unpaired) electrons. The lowest BCUT2D eigenvalue weighted by atomic mass is 10.3. The SMILES string of the molecule is CCc1cnc(Nc2ccccc2OC)cn1. The minimum absolute atomic E-state index is 0.715. The van der Waals surface area contributed by atoms with Crippen molar-refractivity contribution in [3.8, 4) is 5.75 Å². The first-order valence-electron chi connectivity index (χ1n) is 5.54. The molecule has 4 nitrogen and oxygen atoms in total. The lowest BCUT2D eigenvalue weighted by molar-refractivity contribution is 0.417. The normalized spacial score (nSPS) is 10.0. The average Bonchev–Trinajstić information content (AvgIpc) is 2.40. The molecule has 2 rings (SSSR count). The van der Waals surface area contributed by atoms with Crippen molar-refractivity contribution in [1.29, 1.82) is 0 Å². The molecule has 0 bridgehead atoms. The monoisotopic (exact) mass is 229 g/mol. The molecule has 88 valence electrons. The van der Waals surface area contributed by atoms with Gasteiger partial charge in [0.15, 0.2) is 0 Å². The van der Waals surface area contributed by atoms with Crippen molar-refractivity contribution < 1.29 is 4.74 Å². The summed E-state index contributed by atoms with van der Waals surface area (Å²) in [6.45, 7) is 2.05. The Labute approximate surface area is 101 Å². The first kappa shape index (κ1) is 11.4. The van der Waals surface area contributed by atoms with Crippen LogP contribution < -0.4 is 10.1 Å². The van der Waals surface area contributed by atoms with Gasteiger partial charge in [0, 0.05) is 0 Å². The molecule has 0 unspecified atom stereocenters. The number of para-hydroxylation sites is 2. The number of aryl methyl sites for hydroxylation is 1. The van der Waals surface area contributed by atoms with Crippen LogP contribution in [0, 0.1) is 0 Å². The number of rotatable bonds is 4. The minimum atomic E-state index is 0.715. The van der Waals surface area contributed by atoms with Gasteiger partial charge in [0.05, 0.1) is 30.9 Å². The summed E-state index contributed by atoms with van der Waals surface area (Å²) in [4.78, 5) is 8.57. The van der Waals surface area contributed by atoms with Crippen LogP contribution in [-0.4, -0.2) is 17.1 Å². The Hall–Kier alpha value is -2.10. The van der Waals surface area contributed by atoms with Crippen molar-refractivity contribution >= 4 is 11.5 Å². The van der Waals surface area contributed by atoms with E-state index >= 15 is 0 Å². The van der Waals surface area contributed by atoms with E-state index in [0.717, 1.165) is 23.6 Å². The second-order valence-electron chi connectivity index (χ2n) is 3.57. The van der Waals surface area contributed by atoms with Gasteiger partial charge < -0.3 is 10.1 Å². The molecule has 4 heteroatoms. The van der Waals surface area contributed by atoms with Crippen LogP contribution in [-0.2, 0) is 6.42 Å². The molecule has 0 fully saturated rings. The fourth-order valence-corrected chi connectivity index (χ4v) is 1.49. The molecular weight excluding hydrogens is 214 g/mol. The molecule has 2 aromatic rings. The molecule has 0 saturated carbocycles. The Morgan fingerprint density at radius 2 is 2.00 bits per heavy atom. The Morgan fingerprint density at radius 3 is 2.65 bits per heavy atom. The van der Waals surface area contributed by atoms with Gasteiger partial charge in [-0.1, -0.05) is 19.1 Å². The Balaban J connectivity index is 2.19. The average molecular weight is 229 g/mol. The predicted molar refractivity (Wildman–Crippen MR) is 67.7 cm³/mol. The number of hydrogen-bond acceptors (Lipinski definition) is 4. The number of ether oxygens (including phenoxy) is 1. The molecule has 0 aliphatic carbocycles. The van der Waals surface area contributed by atoms with E-state index in [4.69, 9.17) is 4.74 Å². The number of hydrogen-bond donors (Lipinski definition) is 1. The summed E-state index contributed by atoms with van der Waals surface area (Å²) >= 11 is 0. The van der Waals surface area contributed by atoms with E-state index in [0.29, 0.717) is 5.82 Å². The molecule has 0 saturated heterocycles. The number of benzene rings is 1. The maximum Gasteiger partial charge on any atom is 0.148 e. The fraction of sp³-hybridized carbons (Fsp3) is 0.231. The van der Waals surface area contributed by atoms with E-state index in [2.05, 4.69) is 22.2 Å². The maximum atomic E-state index is 5.25. The molecule has 0 aliphatic rings. The van der Waals surface area contributed by atoms with Gasteiger partial charge in [-0.2, -0.15) is 0 Å². The van der Waals surface area contributed by atoms with E-state index in [1.54, 1.807) is 19.5 Å². The van der Waals surface area contributed by atoms with E-state index in [1.165, 1.54) is 0 Å². The largest absolute Gasteiger partial charge is 0.495 e. The van der Waals surface area contributed by atoms with Crippen LogP contribution >= 0.6 is 0 Å². The molecule has 1 N–H and O–H groups in total. The van der Waals surface area contributed by atoms with Gasteiger partial charge in [-0.25, -0.2) is 4.98 Å². The third kappa shape index (κ3) is 2.72. The van der Waals surface area contributed by atoms with Crippen molar-refractivity contribution in [3.05, 3.63) is 42.4 Å². The summed E-state index contributed by atoms with van der Waals surface area (Å²) in [5.41, 5.74) is 1.86. The lowest BCUT2D eigenvalue weighted by Gasteiger charge is -2.09. The van der Waals surface area contributed by atoms with Gasteiger partial charge in [0.1, 0.15) is 11.6 Å². The summed E-state index contributed by atoms with van der Waals surface area (Å²) < 4.78 is 5.25. The second kappa shape index (κ2) is 5.30. The standard InChI is InChI=1S/C13H15N3O/c1-3-10-8-15-13(9-14-10)16-11-6-4-5-7-12(11)17-2/h4-9H,3H2,1-2H3,(H,15,16). The minimum Gasteiger partial charge on any atom is -0.495 e. The van der Waals surface area contributed by atoms with E-state index in [-0.39, 0.29) is 0 Å². The van der Waals surface area contributed by atoms with Crippen LogP contribution in [0.15, 0.2) is 36.7 Å². The first-order valence-corrected chi connectivity index (χ1v) is 5.54. The maximum absolute atomic E-state index is 5.25. The van der Waals surface area contributed by atoms with Crippen LogP contribution in [0.3, 0.4) is 0 Å². The summed E-state index contributed by atoms with van der Waals surface area (Å²) in [7, 11) is 1.65. The summed E-state index contributed by atoms with van der Waals surface area (Å²) in [6, 6.07) is 7.71. The fourth-order valence-electron chi connectivity index (χ4n) is 1.49. The molecule has 0 atom stereocenters. The van der Waals surface area contributed by atoms with Gasteiger partial charge in [-0.05, 0) is 18.6 Å². The van der Waals surface area contributed by atoms with Crippen LogP contribution in [0.25, 0.3) is 0 Å². The first-order chi connectivity index (χ1) is 8.33. The van der Waals surface area contributed by atoms with Crippen molar-refractivity contribution in [3.63, 3.8) is 0 Å². The van der Waals surface area contributed by atoms with Crippen molar-refractivity contribution in [2.45, 2.75) is 13.3 Å². The Morgan fingerprint density at radius 1 is 1.18 bits per heavy atom. The Bertz CT molecular complexity index is 482. The van der Waals surface area contributed by atoms with Crippen molar-refractivity contribution in [2.24, 2.45) is 0 Å². The molecule has 1 heterocycles. The summed E-state index contributed by atoms with van der Waals surface area (Å²) in [5, 5.41) is 3.18. The molecule has 1 aromatic heterocycles. The van der Waals surface area contributed by atoms with Crippen LogP contribution in [0.1, 0.15) is 12.6 Å². The Kier molecular flexibility index (Phi) is 3.55. The van der Waals surface area contributed by atoms with Gasteiger partial charge in [-0.15, -0.1) is 0 Å². The zero-order valence-electron chi connectivity index (χ0n) is 9.97. The van der Waals surface area contributed by atoms with E-state index in [9.17, 15) is 0 Å². The lowest BCUT2D eigenvalue weighted by Crippen LogP contribution is -1.98. The van der Waals surface area contributed by atoms with Crippen LogP contribution in [0.4, 0.5) is 11.5 Å². The highest BCUT2D eigenvalue weighted by Crippen LogP contribution is 2.25. The van der Waals surface area contributed by atoms with Crippen LogP contribution in [0.2, 0.25) is 0 Å². The van der Waals surface area contributed by atoms with Gasteiger partial charge in [-0.3, -0.25) is 4.98 Å². The number of nitrogens with zero attached hydrogens (tertiary/aromatic N) is 2. The summed E-state index contributed by atoms with van der Waals surface area (Å²) in [6.07, 6.45) is 4.39. The van der Waals surface area contributed by atoms with E-state index in [1.807, 2.05) is 24.3 Å². The number of nitrogens with one attached hydrogen (secondary N) is 1.